The summed E-state index contributed by atoms with van der Waals surface area (Å²) in [5, 5.41) is 9.45. The van der Waals surface area contributed by atoms with Crippen LogP contribution in [-0.4, -0.2) is 16.2 Å². The lowest BCUT2D eigenvalue weighted by Gasteiger charge is -1.97. The number of thiophene rings is 1. The van der Waals surface area contributed by atoms with E-state index in [0.29, 0.717) is 16.7 Å². The topological polar surface area (TPSA) is 78.4 Å². The van der Waals surface area contributed by atoms with Crippen LogP contribution in [0, 0.1) is 13.8 Å². The number of hydrogen-bond acceptors (Lipinski definition) is 7. The maximum absolute atomic E-state index is 12.0. The SMILES string of the molecule is Cc1cc(-c2nnc(COC(=O)/C=C/c3sc4ccccc4c3Cl)o2)c(C)o1. The van der Waals surface area contributed by atoms with Crippen molar-refractivity contribution in [3.05, 3.63) is 63.7 Å². The summed E-state index contributed by atoms with van der Waals surface area (Å²) in [5.41, 5.74) is 0.724. The maximum atomic E-state index is 12.0. The normalized spacial score (nSPS) is 11.5. The molecule has 28 heavy (non-hydrogen) atoms. The first-order valence-electron chi connectivity index (χ1n) is 8.43. The second-order valence-corrected chi connectivity index (χ2v) is 7.51. The highest BCUT2D eigenvalue weighted by Crippen LogP contribution is 2.35. The molecule has 0 unspecified atom stereocenters. The Morgan fingerprint density at radius 1 is 1.25 bits per heavy atom. The van der Waals surface area contributed by atoms with Gasteiger partial charge in [0.25, 0.3) is 11.8 Å². The summed E-state index contributed by atoms with van der Waals surface area (Å²) in [6.45, 7) is 3.53. The van der Waals surface area contributed by atoms with Gasteiger partial charge in [0, 0.05) is 21.0 Å². The predicted molar refractivity (Wildman–Crippen MR) is 107 cm³/mol. The summed E-state index contributed by atoms with van der Waals surface area (Å²) in [4.78, 5) is 12.8. The molecule has 0 aliphatic carbocycles. The third-order valence-corrected chi connectivity index (χ3v) is 5.66. The number of ether oxygens (including phenoxy) is 1. The molecule has 0 saturated carbocycles. The number of aryl methyl sites for hydroxylation is 2. The van der Waals surface area contributed by atoms with E-state index in [-0.39, 0.29) is 12.5 Å². The summed E-state index contributed by atoms with van der Waals surface area (Å²) >= 11 is 7.86. The summed E-state index contributed by atoms with van der Waals surface area (Å²) in [5.74, 6) is 1.45. The average molecular weight is 415 g/mol. The first kappa shape index (κ1) is 18.5. The molecule has 6 nitrogen and oxygen atoms in total. The Kier molecular flexibility index (Phi) is 5.02. The summed E-state index contributed by atoms with van der Waals surface area (Å²) < 4.78 is 17.2. The minimum atomic E-state index is -0.524. The Morgan fingerprint density at radius 3 is 2.82 bits per heavy atom. The van der Waals surface area contributed by atoms with E-state index in [1.165, 1.54) is 17.4 Å². The summed E-state index contributed by atoms with van der Waals surface area (Å²) in [6.07, 6.45) is 2.98. The molecule has 142 valence electrons. The van der Waals surface area contributed by atoms with Crippen LogP contribution in [-0.2, 0) is 16.1 Å². The molecule has 3 heterocycles. The third kappa shape index (κ3) is 3.72. The average Bonchev–Trinajstić information content (AvgIpc) is 3.36. The quantitative estimate of drug-likeness (QED) is 0.313. The lowest BCUT2D eigenvalue weighted by molar-refractivity contribution is -0.139. The molecule has 4 aromatic rings. The zero-order chi connectivity index (χ0) is 19.7. The molecule has 0 bridgehead atoms. The van der Waals surface area contributed by atoms with Gasteiger partial charge in [0.1, 0.15) is 11.5 Å². The van der Waals surface area contributed by atoms with E-state index in [0.717, 1.165) is 26.3 Å². The molecule has 0 aliphatic heterocycles. The highest BCUT2D eigenvalue weighted by molar-refractivity contribution is 7.20. The van der Waals surface area contributed by atoms with Gasteiger partial charge in [-0.05, 0) is 32.1 Å². The smallest absolute Gasteiger partial charge is 0.331 e. The van der Waals surface area contributed by atoms with Gasteiger partial charge in [-0.15, -0.1) is 21.5 Å². The standard InChI is InChI=1S/C20H15ClN2O4S/c1-11-9-14(12(2)26-11)20-23-22-17(27-20)10-25-18(24)8-7-16-19(21)13-5-3-4-6-15(13)28-16/h3-9H,10H2,1-2H3/b8-7+. The van der Waals surface area contributed by atoms with Gasteiger partial charge in [0.05, 0.1) is 10.6 Å². The molecule has 4 rings (SSSR count). The molecule has 1 aromatic carbocycles. The molecule has 8 heteroatoms. The number of benzene rings is 1. The molecule has 3 aromatic heterocycles. The van der Waals surface area contributed by atoms with Gasteiger partial charge >= 0.3 is 5.97 Å². The zero-order valence-corrected chi connectivity index (χ0v) is 16.6. The van der Waals surface area contributed by atoms with Gasteiger partial charge in [-0.25, -0.2) is 4.79 Å². The minimum Gasteiger partial charge on any atom is -0.466 e. The number of halogens is 1. The maximum Gasteiger partial charge on any atom is 0.331 e. The Bertz CT molecular complexity index is 1190. The van der Waals surface area contributed by atoms with E-state index in [1.807, 2.05) is 44.2 Å². The number of furan rings is 1. The Balaban J connectivity index is 1.40. The number of hydrogen-bond donors (Lipinski definition) is 0. The van der Waals surface area contributed by atoms with Gasteiger partial charge in [-0.2, -0.15) is 0 Å². The van der Waals surface area contributed by atoms with E-state index in [1.54, 1.807) is 6.08 Å². The predicted octanol–water partition coefficient (Wildman–Crippen LogP) is 5.57. The fraction of sp³-hybridized carbons (Fsp3) is 0.150. The van der Waals surface area contributed by atoms with Crippen LogP contribution >= 0.6 is 22.9 Å². The van der Waals surface area contributed by atoms with Crippen molar-refractivity contribution in [2.45, 2.75) is 20.5 Å². The molecule has 0 aliphatic rings. The number of aromatic nitrogens is 2. The Labute approximate surface area is 169 Å². The van der Waals surface area contributed by atoms with Crippen molar-refractivity contribution in [2.24, 2.45) is 0 Å². The van der Waals surface area contributed by atoms with Crippen LogP contribution in [0.1, 0.15) is 22.3 Å². The van der Waals surface area contributed by atoms with Crippen LogP contribution in [0.15, 0.2) is 45.2 Å². The fourth-order valence-corrected chi connectivity index (χ4v) is 4.13. The van der Waals surface area contributed by atoms with Crippen molar-refractivity contribution < 1.29 is 18.4 Å². The third-order valence-electron chi connectivity index (χ3n) is 4.01. The molecule has 0 amide bonds. The Morgan fingerprint density at radius 2 is 2.07 bits per heavy atom. The first-order valence-corrected chi connectivity index (χ1v) is 9.62. The fourth-order valence-electron chi connectivity index (χ4n) is 2.73. The molecular weight excluding hydrogens is 400 g/mol. The second-order valence-electron chi connectivity index (χ2n) is 6.05. The van der Waals surface area contributed by atoms with Crippen molar-refractivity contribution in [1.29, 1.82) is 0 Å². The van der Waals surface area contributed by atoms with Gasteiger partial charge in [-0.3, -0.25) is 0 Å². The number of nitrogens with zero attached hydrogens (tertiary/aromatic N) is 2. The van der Waals surface area contributed by atoms with Gasteiger partial charge in [0.2, 0.25) is 0 Å². The zero-order valence-electron chi connectivity index (χ0n) is 15.1. The number of carbonyl (C=O) groups excluding carboxylic acids is 1. The Hall–Kier alpha value is -2.90. The van der Waals surface area contributed by atoms with Gasteiger partial charge < -0.3 is 13.6 Å². The van der Waals surface area contributed by atoms with E-state index in [2.05, 4.69) is 10.2 Å². The van der Waals surface area contributed by atoms with Crippen LogP contribution in [0.4, 0.5) is 0 Å². The summed E-state index contributed by atoms with van der Waals surface area (Å²) in [7, 11) is 0. The van der Waals surface area contributed by atoms with Crippen molar-refractivity contribution >= 4 is 45.1 Å². The molecule has 0 N–H and O–H groups in total. The van der Waals surface area contributed by atoms with E-state index in [9.17, 15) is 4.79 Å². The van der Waals surface area contributed by atoms with Crippen LogP contribution in [0.5, 0.6) is 0 Å². The lowest BCUT2D eigenvalue weighted by Crippen LogP contribution is -2.00. The molecular formula is C20H15ClN2O4S. The summed E-state index contributed by atoms with van der Waals surface area (Å²) in [6, 6.07) is 9.61. The van der Waals surface area contributed by atoms with Crippen molar-refractivity contribution in [1.82, 2.24) is 10.2 Å². The molecule has 0 atom stereocenters. The molecule has 0 fully saturated rings. The van der Waals surface area contributed by atoms with E-state index >= 15 is 0 Å². The highest BCUT2D eigenvalue weighted by Gasteiger charge is 2.15. The van der Waals surface area contributed by atoms with Crippen molar-refractivity contribution in [3.8, 4) is 11.5 Å². The van der Waals surface area contributed by atoms with Crippen molar-refractivity contribution in [3.63, 3.8) is 0 Å². The molecule has 0 radical (unpaired) electrons. The first-order chi connectivity index (χ1) is 13.5. The van der Waals surface area contributed by atoms with Gasteiger partial charge in [-0.1, -0.05) is 29.8 Å². The number of esters is 1. The highest BCUT2D eigenvalue weighted by atomic mass is 35.5. The van der Waals surface area contributed by atoms with Gasteiger partial charge in [0.15, 0.2) is 6.61 Å². The number of rotatable bonds is 5. The molecule has 0 spiro atoms. The van der Waals surface area contributed by atoms with Crippen molar-refractivity contribution in [2.75, 3.05) is 0 Å². The number of fused-ring (bicyclic) bond motifs is 1. The number of carbonyl (C=O) groups is 1. The largest absolute Gasteiger partial charge is 0.466 e. The molecule has 0 saturated heterocycles. The second kappa shape index (κ2) is 7.61. The van der Waals surface area contributed by atoms with Crippen LogP contribution in [0.2, 0.25) is 5.02 Å². The minimum absolute atomic E-state index is 0.119. The van der Waals surface area contributed by atoms with Crippen LogP contribution < -0.4 is 0 Å². The lowest BCUT2D eigenvalue weighted by atomic mass is 10.2. The van der Waals surface area contributed by atoms with Crippen LogP contribution in [0.25, 0.3) is 27.6 Å². The monoisotopic (exact) mass is 414 g/mol. The van der Waals surface area contributed by atoms with Crippen LogP contribution in [0.3, 0.4) is 0 Å². The van der Waals surface area contributed by atoms with E-state index < -0.39 is 5.97 Å². The van der Waals surface area contributed by atoms with E-state index in [4.69, 9.17) is 25.2 Å².